The second kappa shape index (κ2) is 9.15. The molecule has 1 aliphatic rings. The molecular weight excluding hydrogens is 427 g/mol. The summed E-state index contributed by atoms with van der Waals surface area (Å²) in [4.78, 5) is 31.6. The van der Waals surface area contributed by atoms with Crippen LogP contribution in [0, 0.1) is 0 Å². The summed E-state index contributed by atoms with van der Waals surface area (Å²) in [5, 5.41) is 0. The topological polar surface area (TPSA) is 72.0 Å². The molecule has 2 rings (SSSR count). The van der Waals surface area contributed by atoms with Crippen molar-refractivity contribution in [2.75, 3.05) is 25.0 Å². The van der Waals surface area contributed by atoms with Crippen molar-refractivity contribution in [3.8, 4) is 0 Å². The lowest BCUT2D eigenvalue weighted by atomic mass is 10.0. The van der Waals surface area contributed by atoms with Gasteiger partial charge in [0, 0.05) is 26.2 Å². The number of hydrogen-bond acceptors (Lipinski definition) is 6. The molecule has 0 radical (unpaired) electrons. The molecule has 32 heavy (non-hydrogen) atoms. The second-order valence-electron chi connectivity index (χ2n) is 9.91. The third-order valence-corrected chi connectivity index (χ3v) is 4.76. The van der Waals surface area contributed by atoms with Gasteiger partial charge in [-0.05, 0) is 66.5 Å². The van der Waals surface area contributed by atoms with E-state index in [1.165, 1.54) is 6.07 Å². The molecule has 7 nitrogen and oxygen atoms in total. The van der Waals surface area contributed by atoms with Gasteiger partial charge in [0.15, 0.2) is 0 Å². The van der Waals surface area contributed by atoms with Gasteiger partial charge in [-0.2, -0.15) is 13.2 Å². The largest absolute Gasteiger partial charge is 0.456 e. The summed E-state index contributed by atoms with van der Waals surface area (Å²) >= 11 is 0. The molecule has 0 bridgehead atoms. The van der Waals surface area contributed by atoms with E-state index in [2.05, 4.69) is 4.98 Å². The van der Waals surface area contributed by atoms with Gasteiger partial charge in [0.1, 0.15) is 22.7 Å². The summed E-state index contributed by atoms with van der Waals surface area (Å²) in [5.41, 5.74) is -2.83. The van der Waals surface area contributed by atoms with Crippen molar-refractivity contribution < 1.29 is 32.2 Å². The van der Waals surface area contributed by atoms with Gasteiger partial charge in [-0.25, -0.2) is 14.6 Å². The molecule has 0 spiro atoms. The van der Waals surface area contributed by atoms with Crippen molar-refractivity contribution >= 4 is 17.9 Å². The van der Waals surface area contributed by atoms with Crippen LogP contribution in [0.4, 0.5) is 23.8 Å². The number of anilines is 1. The quantitative estimate of drug-likeness (QED) is 0.600. The third kappa shape index (κ3) is 7.27. The van der Waals surface area contributed by atoms with E-state index in [0.29, 0.717) is 32.0 Å². The highest BCUT2D eigenvalue weighted by atomic mass is 19.4. The smallest absolute Gasteiger partial charge is 0.433 e. The fourth-order valence-electron chi connectivity index (χ4n) is 3.25. The van der Waals surface area contributed by atoms with Crippen LogP contribution >= 0.6 is 0 Å². The Morgan fingerprint density at radius 3 is 2.00 bits per heavy atom. The summed E-state index contributed by atoms with van der Waals surface area (Å²) < 4.78 is 50.9. The highest BCUT2D eigenvalue weighted by Crippen LogP contribution is 2.32. The Balaban J connectivity index is 2.20. The number of piperidine rings is 1. The Kier molecular flexibility index (Phi) is 7.36. The first-order chi connectivity index (χ1) is 14.5. The lowest BCUT2D eigenvalue weighted by Crippen LogP contribution is -2.47. The number of pyridine rings is 1. The predicted molar refractivity (Wildman–Crippen MR) is 114 cm³/mol. The van der Waals surface area contributed by atoms with Crippen LogP contribution in [-0.2, 0) is 15.7 Å². The van der Waals surface area contributed by atoms with Crippen LogP contribution in [0.3, 0.4) is 0 Å². The number of rotatable bonds is 3. The number of nitrogens with zero attached hydrogens (tertiary/aromatic N) is 3. The fourth-order valence-corrected chi connectivity index (χ4v) is 3.25. The average Bonchev–Trinajstić information content (AvgIpc) is 2.63. The molecular formula is C22H32F3N3O4. The van der Waals surface area contributed by atoms with Crippen LogP contribution in [0.25, 0.3) is 0 Å². The first-order valence-corrected chi connectivity index (χ1v) is 10.5. The van der Waals surface area contributed by atoms with E-state index in [4.69, 9.17) is 9.47 Å². The minimum Gasteiger partial charge on any atom is -0.456 e. The second-order valence-corrected chi connectivity index (χ2v) is 9.91. The molecule has 1 fully saturated rings. The highest BCUT2D eigenvalue weighted by molar-refractivity contribution is 5.90. The van der Waals surface area contributed by atoms with Gasteiger partial charge >= 0.3 is 18.2 Å². The molecule has 0 aliphatic carbocycles. The lowest BCUT2D eigenvalue weighted by Gasteiger charge is -2.38. The van der Waals surface area contributed by atoms with Crippen molar-refractivity contribution in [2.45, 2.75) is 77.8 Å². The third-order valence-electron chi connectivity index (χ3n) is 4.76. The molecule has 1 amide bonds. The first kappa shape index (κ1) is 25.7. The van der Waals surface area contributed by atoms with Crippen molar-refractivity contribution in [1.29, 1.82) is 0 Å². The number of likely N-dealkylation sites (tertiary alicyclic amines) is 1. The molecule has 10 heteroatoms. The van der Waals surface area contributed by atoms with E-state index < -0.39 is 35.1 Å². The van der Waals surface area contributed by atoms with Gasteiger partial charge in [-0.15, -0.1) is 0 Å². The number of carbonyl (C=O) groups excluding carboxylic acids is 2. The number of aromatic nitrogens is 1. The summed E-state index contributed by atoms with van der Waals surface area (Å²) in [5.74, 6) is -0.823. The predicted octanol–water partition coefficient (Wildman–Crippen LogP) is 4.89. The van der Waals surface area contributed by atoms with Crippen molar-refractivity contribution in [1.82, 2.24) is 9.88 Å². The van der Waals surface area contributed by atoms with E-state index in [0.717, 1.165) is 0 Å². The molecule has 2 heterocycles. The molecule has 180 valence electrons. The van der Waals surface area contributed by atoms with Crippen molar-refractivity contribution in [3.05, 3.63) is 23.4 Å². The van der Waals surface area contributed by atoms with Gasteiger partial charge < -0.3 is 19.3 Å². The Hall–Kier alpha value is -2.52. The van der Waals surface area contributed by atoms with Gasteiger partial charge in [0.2, 0.25) is 0 Å². The maximum atomic E-state index is 13.4. The fraction of sp³-hybridized carbons (Fsp3) is 0.682. The van der Waals surface area contributed by atoms with Gasteiger partial charge in [-0.1, -0.05) is 0 Å². The van der Waals surface area contributed by atoms with E-state index in [-0.39, 0.29) is 17.4 Å². The van der Waals surface area contributed by atoms with Gasteiger partial charge in [0.25, 0.3) is 0 Å². The number of hydrogen-bond donors (Lipinski definition) is 0. The van der Waals surface area contributed by atoms with Gasteiger partial charge in [0.05, 0.1) is 5.56 Å². The van der Waals surface area contributed by atoms with E-state index >= 15 is 0 Å². The average molecular weight is 460 g/mol. The van der Waals surface area contributed by atoms with Crippen LogP contribution in [-0.4, -0.2) is 59.3 Å². The van der Waals surface area contributed by atoms with Crippen LogP contribution < -0.4 is 4.90 Å². The molecule has 1 aromatic rings. The summed E-state index contributed by atoms with van der Waals surface area (Å²) in [6.45, 7) is 11.1. The monoisotopic (exact) mass is 459 g/mol. The minimum atomic E-state index is -4.71. The molecule has 1 saturated heterocycles. The van der Waals surface area contributed by atoms with E-state index in [9.17, 15) is 22.8 Å². The number of amides is 1. The van der Waals surface area contributed by atoms with E-state index in [1.807, 2.05) is 0 Å². The highest BCUT2D eigenvalue weighted by Gasteiger charge is 2.36. The van der Waals surface area contributed by atoms with Crippen LogP contribution in [0.15, 0.2) is 12.1 Å². The number of alkyl halides is 3. The molecule has 0 saturated carbocycles. The lowest BCUT2D eigenvalue weighted by molar-refractivity contribution is -0.141. The van der Waals surface area contributed by atoms with Crippen molar-refractivity contribution in [3.63, 3.8) is 0 Å². The Morgan fingerprint density at radius 2 is 1.53 bits per heavy atom. The van der Waals surface area contributed by atoms with Crippen LogP contribution in [0.2, 0.25) is 0 Å². The Bertz CT molecular complexity index is 836. The first-order valence-electron chi connectivity index (χ1n) is 10.5. The summed E-state index contributed by atoms with van der Waals surface area (Å²) in [6.07, 6.45) is -4.08. The number of esters is 1. The Labute approximate surface area is 186 Å². The van der Waals surface area contributed by atoms with E-state index in [1.54, 1.807) is 58.4 Å². The molecule has 1 aliphatic heterocycles. The summed E-state index contributed by atoms with van der Waals surface area (Å²) in [6, 6.07) is 1.86. The van der Waals surface area contributed by atoms with Crippen LogP contribution in [0.1, 0.15) is 70.4 Å². The zero-order valence-corrected chi connectivity index (χ0v) is 19.7. The molecule has 0 aromatic carbocycles. The van der Waals surface area contributed by atoms with Crippen LogP contribution in [0.5, 0.6) is 0 Å². The number of ether oxygens (including phenoxy) is 2. The maximum absolute atomic E-state index is 13.4. The van der Waals surface area contributed by atoms with Crippen molar-refractivity contribution in [2.24, 2.45) is 0 Å². The Morgan fingerprint density at radius 1 is 1.00 bits per heavy atom. The maximum Gasteiger partial charge on any atom is 0.433 e. The minimum absolute atomic E-state index is 0.0244. The molecule has 1 aromatic heterocycles. The SMILES string of the molecule is CN(c1cc(C(=O)OC(C)(C)C)cc(C(F)(F)F)n1)C1CCN(C(=O)OC(C)(C)C)CC1. The molecule has 0 N–H and O–H groups in total. The molecule has 0 atom stereocenters. The van der Waals surface area contributed by atoms with Gasteiger partial charge in [-0.3, -0.25) is 0 Å². The summed E-state index contributed by atoms with van der Waals surface area (Å²) in [7, 11) is 1.63. The zero-order valence-electron chi connectivity index (χ0n) is 19.7. The number of carbonyl (C=O) groups is 2. The normalized spacial score (nSPS) is 16.0. The molecule has 0 unspecified atom stereocenters. The zero-order chi connectivity index (χ0) is 24.5. The number of halogens is 3. The standard InChI is InChI=1S/C22H32F3N3O4/c1-20(2,3)31-18(29)14-12-16(22(23,24)25)26-17(13-14)27(7)15-8-10-28(11-9-15)19(30)32-21(4,5)6/h12-13,15H,8-11H2,1-7H3.